The van der Waals surface area contributed by atoms with Crippen molar-refractivity contribution >= 4 is 11.9 Å². The largest absolute Gasteiger partial charge is 0.465 e. The molecule has 1 aromatic carbocycles. The molecule has 0 fully saturated rings. The number of hydrogen-bond donors (Lipinski definition) is 2. The van der Waals surface area contributed by atoms with Crippen molar-refractivity contribution in [3.63, 3.8) is 0 Å². The van der Waals surface area contributed by atoms with Crippen molar-refractivity contribution in [1.82, 2.24) is 0 Å². The molecular weight excluding hydrogens is 312 g/mol. The van der Waals surface area contributed by atoms with E-state index in [0.717, 1.165) is 0 Å². The van der Waals surface area contributed by atoms with E-state index in [4.69, 9.17) is 14.6 Å². The lowest BCUT2D eigenvalue weighted by atomic mass is 9.74. The predicted octanol–water partition coefficient (Wildman–Crippen LogP) is 1.78. The Morgan fingerprint density at radius 3 is 2.04 bits per heavy atom. The first kappa shape index (κ1) is 20.1. The fourth-order valence-corrected chi connectivity index (χ4v) is 2.54. The molecule has 0 amide bonds. The van der Waals surface area contributed by atoms with Gasteiger partial charge in [0.25, 0.3) is 0 Å². The number of esters is 2. The summed E-state index contributed by atoms with van der Waals surface area (Å²) in [7, 11) is 0. The van der Waals surface area contributed by atoms with Crippen LogP contribution < -0.4 is 0 Å². The number of benzene rings is 1. The van der Waals surface area contributed by atoms with Crippen LogP contribution in [0.4, 0.5) is 0 Å². The minimum Gasteiger partial charge on any atom is -0.465 e. The first-order chi connectivity index (χ1) is 11.3. The van der Waals surface area contributed by atoms with Crippen LogP contribution in [0.5, 0.6) is 0 Å². The molecule has 0 spiro atoms. The second-order valence-corrected chi connectivity index (χ2v) is 5.79. The molecule has 2 unspecified atom stereocenters. The Balaban J connectivity index is 3.42. The number of aliphatic hydroxyl groups excluding tert-OH is 1. The predicted molar refractivity (Wildman–Crippen MR) is 88.2 cm³/mol. The van der Waals surface area contributed by atoms with Gasteiger partial charge in [-0.25, -0.2) is 4.79 Å². The van der Waals surface area contributed by atoms with Gasteiger partial charge in [0, 0.05) is 0 Å². The van der Waals surface area contributed by atoms with E-state index in [2.05, 4.69) is 0 Å². The molecule has 1 rings (SSSR count). The Morgan fingerprint density at radius 1 is 1.08 bits per heavy atom. The quantitative estimate of drug-likeness (QED) is 0.702. The van der Waals surface area contributed by atoms with E-state index in [1.54, 1.807) is 52.0 Å². The third-order valence-electron chi connectivity index (χ3n) is 3.94. The Morgan fingerprint density at radius 2 is 1.62 bits per heavy atom. The van der Waals surface area contributed by atoms with Crippen LogP contribution in [-0.2, 0) is 25.7 Å². The van der Waals surface area contributed by atoms with Crippen LogP contribution >= 0.6 is 0 Å². The molecule has 0 saturated heterocycles. The fraction of sp³-hybridized carbons (Fsp3) is 0.556. The van der Waals surface area contributed by atoms with Crippen LogP contribution in [0.3, 0.4) is 0 Å². The van der Waals surface area contributed by atoms with E-state index in [1.807, 2.05) is 0 Å². The minimum absolute atomic E-state index is 0.0901. The topological polar surface area (TPSA) is 93.1 Å². The Hall–Kier alpha value is -1.92. The molecule has 24 heavy (non-hydrogen) atoms. The average Bonchev–Trinajstić information content (AvgIpc) is 2.55. The molecule has 0 aliphatic rings. The SMILES string of the molecule is CCOC(=O)C(c1ccc(CO)cc1)C(O)(C(=O)OCC)C(C)C. The molecular formula is C18H26O6. The van der Waals surface area contributed by atoms with E-state index in [9.17, 15) is 14.7 Å². The highest BCUT2D eigenvalue weighted by Gasteiger charge is 2.53. The van der Waals surface area contributed by atoms with Crippen LogP contribution in [0.2, 0.25) is 0 Å². The summed E-state index contributed by atoms with van der Waals surface area (Å²) in [6, 6.07) is 6.46. The van der Waals surface area contributed by atoms with Crippen LogP contribution in [0.1, 0.15) is 44.7 Å². The Labute approximate surface area is 142 Å². The summed E-state index contributed by atoms with van der Waals surface area (Å²) in [4.78, 5) is 25.0. The third kappa shape index (κ3) is 4.13. The first-order valence-corrected chi connectivity index (χ1v) is 8.08. The summed E-state index contributed by atoms with van der Waals surface area (Å²) in [5.74, 6) is -3.35. The smallest absolute Gasteiger partial charge is 0.339 e. The zero-order chi connectivity index (χ0) is 18.3. The maximum absolute atomic E-state index is 12.5. The zero-order valence-corrected chi connectivity index (χ0v) is 14.6. The standard InChI is InChI=1S/C18H26O6/c1-5-23-16(20)15(14-9-7-13(11-19)8-10-14)18(22,12(3)4)17(21)24-6-2/h7-10,12,15,19,22H,5-6,11H2,1-4H3. The minimum atomic E-state index is -2.05. The molecule has 0 aliphatic heterocycles. The van der Waals surface area contributed by atoms with Crippen molar-refractivity contribution in [2.24, 2.45) is 5.92 Å². The van der Waals surface area contributed by atoms with Gasteiger partial charge in [0.05, 0.1) is 19.8 Å². The highest BCUT2D eigenvalue weighted by atomic mass is 16.6. The molecule has 0 radical (unpaired) electrons. The summed E-state index contributed by atoms with van der Waals surface area (Å²) >= 11 is 0. The Kier molecular flexibility index (Phi) is 7.38. The molecule has 0 saturated carbocycles. The lowest BCUT2D eigenvalue weighted by Gasteiger charge is -2.36. The number of carbonyl (C=O) groups excluding carboxylic acids is 2. The van der Waals surface area contributed by atoms with E-state index in [-0.39, 0.29) is 19.8 Å². The van der Waals surface area contributed by atoms with E-state index in [1.165, 1.54) is 0 Å². The van der Waals surface area contributed by atoms with Gasteiger partial charge in [0.1, 0.15) is 5.92 Å². The molecule has 2 N–H and O–H groups in total. The Bertz CT molecular complexity index is 551. The summed E-state index contributed by atoms with van der Waals surface area (Å²) < 4.78 is 10.1. The molecule has 0 aliphatic carbocycles. The van der Waals surface area contributed by atoms with Gasteiger partial charge >= 0.3 is 11.9 Å². The van der Waals surface area contributed by atoms with Crippen molar-refractivity contribution in [2.75, 3.05) is 13.2 Å². The number of ether oxygens (including phenoxy) is 2. The van der Waals surface area contributed by atoms with Crippen molar-refractivity contribution in [2.45, 2.75) is 45.8 Å². The summed E-state index contributed by atoms with van der Waals surface area (Å²) in [6.45, 7) is 6.65. The average molecular weight is 338 g/mol. The van der Waals surface area contributed by atoms with Gasteiger partial charge in [0.15, 0.2) is 5.60 Å². The van der Waals surface area contributed by atoms with E-state index >= 15 is 0 Å². The summed E-state index contributed by atoms with van der Waals surface area (Å²) in [5.41, 5.74) is -0.969. The van der Waals surface area contributed by atoms with Gasteiger partial charge in [-0.3, -0.25) is 4.79 Å². The van der Waals surface area contributed by atoms with Crippen LogP contribution in [-0.4, -0.2) is 41.0 Å². The van der Waals surface area contributed by atoms with Crippen LogP contribution in [0, 0.1) is 5.92 Å². The van der Waals surface area contributed by atoms with Gasteiger partial charge in [-0.05, 0) is 30.9 Å². The molecule has 6 heteroatoms. The van der Waals surface area contributed by atoms with Gasteiger partial charge in [0.2, 0.25) is 0 Å². The van der Waals surface area contributed by atoms with Gasteiger partial charge in [-0.1, -0.05) is 38.1 Å². The fourth-order valence-electron chi connectivity index (χ4n) is 2.54. The van der Waals surface area contributed by atoms with Crippen molar-refractivity contribution in [3.8, 4) is 0 Å². The highest BCUT2D eigenvalue weighted by Crippen LogP contribution is 2.37. The molecule has 134 valence electrons. The maximum atomic E-state index is 12.5. The molecule has 2 atom stereocenters. The molecule has 6 nitrogen and oxygen atoms in total. The molecule has 0 heterocycles. The number of rotatable bonds is 8. The molecule has 1 aromatic rings. The highest BCUT2D eigenvalue weighted by molar-refractivity contribution is 5.91. The second kappa shape index (κ2) is 8.80. The number of carbonyl (C=O) groups is 2. The van der Waals surface area contributed by atoms with Crippen molar-refractivity contribution in [1.29, 1.82) is 0 Å². The second-order valence-electron chi connectivity index (χ2n) is 5.79. The normalized spacial score (nSPS) is 14.8. The van der Waals surface area contributed by atoms with Crippen molar-refractivity contribution < 1.29 is 29.3 Å². The lowest BCUT2D eigenvalue weighted by molar-refractivity contribution is -0.181. The van der Waals surface area contributed by atoms with Gasteiger partial charge in [-0.15, -0.1) is 0 Å². The number of hydrogen-bond acceptors (Lipinski definition) is 6. The number of aliphatic hydroxyl groups is 2. The lowest BCUT2D eigenvalue weighted by Crippen LogP contribution is -2.53. The van der Waals surface area contributed by atoms with Crippen LogP contribution in [0.15, 0.2) is 24.3 Å². The van der Waals surface area contributed by atoms with Crippen molar-refractivity contribution in [3.05, 3.63) is 35.4 Å². The van der Waals surface area contributed by atoms with Crippen LogP contribution in [0.25, 0.3) is 0 Å². The summed E-state index contributed by atoms with van der Waals surface area (Å²) in [5, 5.41) is 20.3. The zero-order valence-electron chi connectivity index (χ0n) is 14.6. The third-order valence-corrected chi connectivity index (χ3v) is 3.94. The molecule has 0 bridgehead atoms. The first-order valence-electron chi connectivity index (χ1n) is 8.08. The van der Waals surface area contributed by atoms with Gasteiger partial charge < -0.3 is 19.7 Å². The molecule has 0 aromatic heterocycles. The maximum Gasteiger partial charge on any atom is 0.339 e. The van der Waals surface area contributed by atoms with Gasteiger partial charge in [-0.2, -0.15) is 0 Å². The van der Waals surface area contributed by atoms with E-state index in [0.29, 0.717) is 11.1 Å². The monoisotopic (exact) mass is 338 g/mol. The van der Waals surface area contributed by atoms with E-state index < -0.39 is 29.4 Å². The summed E-state index contributed by atoms with van der Waals surface area (Å²) in [6.07, 6.45) is 0.